The maximum atomic E-state index is 12.3. The monoisotopic (exact) mass is 369 g/mol. The predicted octanol–water partition coefficient (Wildman–Crippen LogP) is 2.51. The Bertz CT molecular complexity index is 720. The second-order valence-corrected chi connectivity index (χ2v) is 7.35. The molecule has 0 aliphatic rings. The van der Waals surface area contributed by atoms with Crippen LogP contribution in [0.25, 0.3) is 0 Å². The first kappa shape index (κ1) is 15.9. The first-order valence-corrected chi connectivity index (χ1v) is 8.63. The second kappa shape index (κ2) is 6.55. The molecule has 0 spiro atoms. The van der Waals surface area contributed by atoms with E-state index in [4.69, 9.17) is 5.73 Å². The van der Waals surface area contributed by atoms with Gasteiger partial charge in [-0.2, -0.15) is 0 Å². The van der Waals surface area contributed by atoms with Crippen molar-refractivity contribution >= 4 is 31.8 Å². The number of halogens is 1. The van der Waals surface area contributed by atoms with E-state index in [-0.39, 0.29) is 23.2 Å². The molecule has 7 heteroatoms. The lowest BCUT2D eigenvalue weighted by molar-refractivity contribution is 0.575. The van der Waals surface area contributed by atoms with Crippen molar-refractivity contribution in [2.45, 2.75) is 17.7 Å². The average molecular weight is 370 g/mol. The molecule has 0 bridgehead atoms. The molecule has 112 valence electrons. The van der Waals surface area contributed by atoms with E-state index < -0.39 is 10.0 Å². The van der Waals surface area contributed by atoms with Gasteiger partial charge < -0.3 is 5.73 Å². The van der Waals surface area contributed by atoms with Crippen LogP contribution >= 0.6 is 15.9 Å². The molecule has 1 aromatic heterocycles. The van der Waals surface area contributed by atoms with E-state index in [2.05, 4.69) is 25.6 Å². The molecule has 2 rings (SSSR count). The Labute approximate surface area is 132 Å². The highest BCUT2D eigenvalue weighted by Gasteiger charge is 2.19. The summed E-state index contributed by atoms with van der Waals surface area (Å²) in [6.45, 7) is 2.25. The van der Waals surface area contributed by atoms with Crippen molar-refractivity contribution in [1.29, 1.82) is 0 Å². The Kier molecular flexibility index (Phi) is 4.97. The quantitative estimate of drug-likeness (QED) is 0.847. The number of benzene rings is 1. The summed E-state index contributed by atoms with van der Waals surface area (Å²) in [6, 6.07) is 11.2. The third kappa shape index (κ3) is 4.03. The minimum atomic E-state index is -3.68. The Balaban J connectivity index is 2.13. The molecular weight excluding hydrogens is 354 g/mol. The van der Waals surface area contributed by atoms with E-state index in [0.717, 1.165) is 5.56 Å². The van der Waals surface area contributed by atoms with E-state index in [0.29, 0.717) is 4.47 Å². The summed E-state index contributed by atoms with van der Waals surface area (Å²) in [7, 11) is -3.68. The van der Waals surface area contributed by atoms with Crippen LogP contribution in [-0.4, -0.2) is 19.9 Å². The van der Waals surface area contributed by atoms with Gasteiger partial charge in [-0.25, -0.2) is 18.1 Å². The van der Waals surface area contributed by atoms with Gasteiger partial charge >= 0.3 is 0 Å². The SMILES string of the molecule is CC(CNS(=O)(=O)c1cc(Br)cnc1N)c1ccccc1. The molecule has 21 heavy (non-hydrogen) atoms. The molecular formula is C14H16BrN3O2S. The molecule has 0 aliphatic heterocycles. The molecule has 0 amide bonds. The van der Waals surface area contributed by atoms with E-state index >= 15 is 0 Å². The zero-order chi connectivity index (χ0) is 15.5. The summed E-state index contributed by atoms with van der Waals surface area (Å²) in [5.41, 5.74) is 6.71. The second-order valence-electron chi connectivity index (χ2n) is 4.70. The minimum absolute atomic E-state index is 0.0157. The zero-order valence-electron chi connectivity index (χ0n) is 11.5. The number of nitrogens with two attached hydrogens (primary N) is 1. The van der Waals surface area contributed by atoms with Gasteiger partial charge in [-0.15, -0.1) is 0 Å². The molecule has 3 N–H and O–H groups in total. The average Bonchev–Trinajstić information content (AvgIpc) is 2.48. The molecule has 1 unspecified atom stereocenters. The Morgan fingerprint density at radius 3 is 2.67 bits per heavy atom. The predicted molar refractivity (Wildman–Crippen MR) is 86.4 cm³/mol. The van der Waals surface area contributed by atoms with Crippen LogP contribution in [0.3, 0.4) is 0 Å². The molecule has 0 radical (unpaired) electrons. The third-order valence-corrected chi connectivity index (χ3v) is 4.97. The van der Waals surface area contributed by atoms with E-state index in [1.165, 1.54) is 12.3 Å². The molecule has 1 atom stereocenters. The number of nitrogen functional groups attached to an aromatic ring is 1. The smallest absolute Gasteiger partial charge is 0.244 e. The number of rotatable bonds is 5. The maximum absolute atomic E-state index is 12.3. The fraction of sp³-hybridized carbons (Fsp3) is 0.214. The first-order valence-electron chi connectivity index (χ1n) is 6.36. The first-order chi connectivity index (χ1) is 9.90. The van der Waals surface area contributed by atoms with Crippen LogP contribution in [0.1, 0.15) is 18.4 Å². The van der Waals surface area contributed by atoms with E-state index in [1.54, 1.807) is 0 Å². The number of nitrogens with one attached hydrogen (secondary N) is 1. The summed E-state index contributed by atoms with van der Waals surface area (Å²) in [6.07, 6.45) is 1.46. The molecule has 0 saturated heterocycles. The van der Waals surface area contributed by atoms with Crippen LogP contribution < -0.4 is 10.5 Å². The highest BCUT2D eigenvalue weighted by atomic mass is 79.9. The van der Waals surface area contributed by atoms with Crippen LogP contribution in [-0.2, 0) is 10.0 Å². The lowest BCUT2D eigenvalue weighted by atomic mass is 10.0. The summed E-state index contributed by atoms with van der Waals surface area (Å²) < 4.78 is 27.7. The van der Waals surface area contributed by atoms with Gasteiger partial charge in [0.05, 0.1) is 0 Å². The number of anilines is 1. The van der Waals surface area contributed by atoms with Crippen molar-refractivity contribution in [1.82, 2.24) is 9.71 Å². The molecule has 1 aromatic carbocycles. The molecule has 2 aromatic rings. The Morgan fingerprint density at radius 1 is 1.33 bits per heavy atom. The normalized spacial score (nSPS) is 13.0. The number of nitrogens with zero attached hydrogens (tertiary/aromatic N) is 1. The summed E-state index contributed by atoms with van der Waals surface area (Å²) in [5.74, 6) is 0.0420. The Hall–Kier alpha value is -1.44. The van der Waals surface area contributed by atoms with Gasteiger partial charge in [-0.1, -0.05) is 37.3 Å². The molecule has 5 nitrogen and oxygen atoms in total. The lowest BCUT2D eigenvalue weighted by Crippen LogP contribution is -2.28. The fourth-order valence-electron chi connectivity index (χ4n) is 1.86. The summed E-state index contributed by atoms with van der Waals surface area (Å²) in [4.78, 5) is 3.83. The molecule has 0 fully saturated rings. The number of aromatic nitrogens is 1. The molecule has 1 heterocycles. The van der Waals surface area contributed by atoms with Gasteiger partial charge in [0.1, 0.15) is 10.7 Å². The lowest BCUT2D eigenvalue weighted by Gasteiger charge is -2.14. The fourth-order valence-corrected chi connectivity index (χ4v) is 3.58. The third-order valence-electron chi connectivity index (χ3n) is 3.09. The standard InChI is InChI=1S/C14H16BrN3O2S/c1-10(11-5-3-2-4-6-11)8-18-21(19,20)13-7-12(15)9-17-14(13)16/h2-7,9-10,18H,8H2,1H3,(H2,16,17). The number of sulfonamides is 1. The van der Waals surface area contributed by atoms with Gasteiger partial charge in [0.25, 0.3) is 0 Å². The Morgan fingerprint density at radius 2 is 2.00 bits per heavy atom. The van der Waals surface area contributed by atoms with Crippen LogP contribution in [0.15, 0.2) is 52.0 Å². The van der Waals surface area contributed by atoms with Gasteiger partial charge in [0, 0.05) is 17.2 Å². The molecule has 0 aliphatic carbocycles. The highest BCUT2D eigenvalue weighted by molar-refractivity contribution is 9.10. The summed E-state index contributed by atoms with van der Waals surface area (Å²) >= 11 is 3.20. The van der Waals surface area contributed by atoms with Crippen molar-refractivity contribution < 1.29 is 8.42 Å². The van der Waals surface area contributed by atoms with Crippen molar-refractivity contribution in [2.75, 3.05) is 12.3 Å². The molecule has 0 saturated carbocycles. The van der Waals surface area contributed by atoms with E-state index in [1.807, 2.05) is 37.3 Å². The van der Waals surface area contributed by atoms with E-state index in [9.17, 15) is 8.42 Å². The van der Waals surface area contributed by atoms with Crippen molar-refractivity contribution in [3.63, 3.8) is 0 Å². The van der Waals surface area contributed by atoms with Crippen LogP contribution in [0.2, 0.25) is 0 Å². The van der Waals surface area contributed by atoms with Crippen molar-refractivity contribution in [2.24, 2.45) is 0 Å². The van der Waals surface area contributed by atoms with Crippen molar-refractivity contribution in [3.05, 3.63) is 52.6 Å². The largest absolute Gasteiger partial charge is 0.383 e. The number of hydrogen-bond acceptors (Lipinski definition) is 4. The maximum Gasteiger partial charge on any atom is 0.244 e. The van der Waals surface area contributed by atoms with Crippen LogP contribution in [0.5, 0.6) is 0 Å². The minimum Gasteiger partial charge on any atom is -0.383 e. The zero-order valence-corrected chi connectivity index (χ0v) is 13.9. The van der Waals surface area contributed by atoms with Crippen LogP contribution in [0.4, 0.5) is 5.82 Å². The summed E-state index contributed by atoms with van der Waals surface area (Å²) in [5, 5.41) is 0. The number of pyridine rings is 1. The van der Waals surface area contributed by atoms with Gasteiger partial charge in [-0.05, 0) is 33.5 Å². The van der Waals surface area contributed by atoms with Crippen LogP contribution in [0, 0.1) is 0 Å². The number of hydrogen-bond donors (Lipinski definition) is 2. The van der Waals surface area contributed by atoms with Crippen molar-refractivity contribution in [3.8, 4) is 0 Å². The van der Waals surface area contributed by atoms with Gasteiger partial charge in [-0.3, -0.25) is 0 Å². The highest BCUT2D eigenvalue weighted by Crippen LogP contribution is 2.21. The topological polar surface area (TPSA) is 85.1 Å². The van der Waals surface area contributed by atoms with Gasteiger partial charge in [0.15, 0.2) is 0 Å². The van der Waals surface area contributed by atoms with Gasteiger partial charge in [0.2, 0.25) is 10.0 Å².